The Bertz CT molecular complexity index is 643. The number of hydrogen-bond acceptors (Lipinski definition) is 3. The largest absolute Gasteiger partial charge is 0.373 e. The van der Waals surface area contributed by atoms with Crippen LogP contribution in [-0.2, 0) is 6.42 Å². The number of amides is 1. The second kappa shape index (κ2) is 7.09. The molecule has 21 heavy (non-hydrogen) atoms. The molecule has 5 heteroatoms. The minimum absolute atomic E-state index is 0.195. The highest BCUT2D eigenvalue weighted by molar-refractivity contribution is 6.30. The predicted molar refractivity (Wildman–Crippen MR) is 87.2 cm³/mol. The Balaban J connectivity index is 2.24. The number of para-hydroxylation sites is 1. The Labute approximate surface area is 129 Å². The van der Waals surface area contributed by atoms with Gasteiger partial charge < -0.3 is 10.6 Å². The fourth-order valence-corrected chi connectivity index (χ4v) is 2.29. The smallest absolute Gasteiger partial charge is 0.255 e. The van der Waals surface area contributed by atoms with Gasteiger partial charge in [0.25, 0.3) is 5.91 Å². The van der Waals surface area contributed by atoms with Crippen LogP contribution in [0.5, 0.6) is 0 Å². The van der Waals surface area contributed by atoms with Crippen LogP contribution in [0.4, 0.5) is 11.5 Å². The van der Waals surface area contributed by atoms with Gasteiger partial charge in [0.15, 0.2) is 0 Å². The summed E-state index contributed by atoms with van der Waals surface area (Å²) in [5.74, 6) is 0.369. The molecule has 110 valence electrons. The lowest BCUT2D eigenvalue weighted by Gasteiger charge is -2.11. The van der Waals surface area contributed by atoms with Gasteiger partial charge >= 0.3 is 0 Å². The Hall–Kier alpha value is -2.07. The molecule has 0 aliphatic heterocycles. The van der Waals surface area contributed by atoms with Gasteiger partial charge in [-0.15, -0.1) is 0 Å². The van der Waals surface area contributed by atoms with Crippen LogP contribution in [0.25, 0.3) is 0 Å². The summed E-state index contributed by atoms with van der Waals surface area (Å²) < 4.78 is 0. The average Bonchev–Trinajstić information content (AvgIpc) is 2.48. The van der Waals surface area contributed by atoms with Crippen LogP contribution in [-0.4, -0.2) is 17.9 Å². The zero-order chi connectivity index (χ0) is 15.2. The fraction of sp³-hybridized carbons (Fsp3) is 0.250. The lowest BCUT2D eigenvalue weighted by atomic mass is 10.1. The van der Waals surface area contributed by atoms with Crippen molar-refractivity contribution < 1.29 is 4.79 Å². The van der Waals surface area contributed by atoms with E-state index in [9.17, 15) is 4.79 Å². The third-order valence-corrected chi connectivity index (χ3v) is 3.29. The van der Waals surface area contributed by atoms with Crippen molar-refractivity contribution in [3.05, 3.63) is 52.7 Å². The summed E-state index contributed by atoms with van der Waals surface area (Å²) in [5, 5.41) is 6.11. The van der Waals surface area contributed by atoms with Gasteiger partial charge in [0.05, 0.1) is 0 Å². The zero-order valence-electron chi connectivity index (χ0n) is 12.1. The molecule has 2 N–H and O–H groups in total. The van der Waals surface area contributed by atoms with E-state index in [1.165, 1.54) is 0 Å². The summed E-state index contributed by atoms with van der Waals surface area (Å²) in [6, 6.07) is 11.0. The number of pyridine rings is 1. The van der Waals surface area contributed by atoms with E-state index in [1.807, 2.05) is 24.3 Å². The summed E-state index contributed by atoms with van der Waals surface area (Å²) in [4.78, 5) is 16.4. The standard InChI is InChI=1S/C16H18ClN3O/c1-3-6-11-7-4-5-8-13(11)19-16(21)12-9-14(17)20-15(10-12)18-2/h4-5,7-10H,3,6H2,1-2H3,(H,18,20)(H,19,21). The fourth-order valence-electron chi connectivity index (χ4n) is 2.08. The molecule has 1 heterocycles. The molecule has 1 aromatic carbocycles. The number of rotatable bonds is 5. The van der Waals surface area contributed by atoms with Gasteiger partial charge in [0.2, 0.25) is 0 Å². The highest BCUT2D eigenvalue weighted by Gasteiger charge is 2.11. The summed E-state index contributed by atoms with van der Waals surface area (Å²) in [5.41, 5.74) is 2.44. The number of carbonyl (C=O) groups excluding carboxylic acids is 1. The van der Waals surface area contributed by atoms with Crippen molar-refractivity contribution in [2.24, 2.45) is 0 Å². The minimum Gasteiger partial charge on any atom is -0.373 e. The van der Waals surface area contributed by atoms with E-state index in [0.29, 0.717) is 11.4 Å². The monoisotopic (exact) mass is 303 g/mol. The number of hydrogen-bond donors (Lipinski definition) is 2. The molecule has 0 unspecified atom stereocenters. The molecule has 0 saturated carbocycles. The van der Waals surface area contributed by atoms with Gasteiger partial charge in [-0.3, -0.25) is 4.79 Å². The molecule has 0 saturated heterocycles. The molecule has 1 amide bonds. The van der Waals surface area contributed by atoms with E-state index < -0.39 is 0 Å². The van der Waals surface area contributed by atoms with Crippen molar-refractivity contribution in [1.29, 1.82) is 0 Å². The third kappa shape index (κ3) is 3.95. The van der Waals surface area contributed by atoms with Crippen molar-refractivity contribution in [3.63, 3.8) is 0 Å². The first-order chi connectivity index (χ1) is 10.1. The van der Waals surface area contributed by atoms with Crippen LogP contribution in [0, 0.1) is 0 Å². The van der Waals surface area contributed by atoms with Gasteiger partial charge in [0, 0.05) is 18.3 Å². The zero-order valence-corrected chi connectivity index (χ0v) is 12.9. The van der Waals surface area contributed by atoms with Crippen molar-refractivity contribution >= 4 is 29.0 Å². The van der Waals surface area contributed by atoms with Crippen LogP contribution in [0.2, 0.25) is 5.15 Å². The Morgan fingerprint density at radius 2 is 2.05 bits per heavy atom. The second-order valence-electron chi connectivity index (χ2n) is 4.68. The van der Waals surface area contributed by atoms with Gasteiger partial charge in [-0.25, -0.2) is 4.98 Å². The normalized spacial score (nSPS) is 10.2. The maximum absolute atomic E-state index is 12.4. The number of aromatic nitrogens is 1. The Kier molecular flexibility index (Phi) is 5.17. The van der Waals surface area contributed by atoms with Crippen molar-refractivity contribution in [2.75, 3.05) is 17.7 Å². The van der Waals surface area contributed by atoms with Crippen molar-refractivity contribution in [2.45, 2.75) is 19.8 Å². The first kappa shape index (κ1) is 15.3. The van der Waals surface area contributed by atoms with E-state index >= 15 is 0 Å². The summed E-state index contributed by atoms with van der Waals surface area (Å²) in [7, 11) is 1.73. The van der Waals surface area contributed by atoms with Gasteiger partial charge in [-0.1, -0.05) is 43.1 Å². The minimum atomic E-state index is -0.195. The van der Waals surface area contributed by atoms with E-state index in [4.69, 9.17) is 11.6 Å². The molecular formula is C16H18ClN3O. The first-order valence-electron chi connectivity index (χ1n) is 6.88. The van der Waals surface area contributed by atoms with Crippen LogP contribution >= 0.6 is 11.6 Å². The van der Waals surface area contributed by atoms with Crippen LogP contribution < -0.4 is 10.6 Å². The second-order valence-corrected chi connectivity index (χ2v) is 5.06. The molecule has 0 radical (unpaired) electrons. The molecule has 0 aliphatic carbocycles. The number of carbonyl (C=O) groups is 1. The lowest BCUT2D eigenvalue weighted by molar-refractivity contribution is 0.102. The highest BCUT2D eigenvalue weighted by Crippen LogP contribution is 2.19. The number of nitrogens with one attached hydrogen (secondary N) is 2. The van der Waals surface area contributed by atoms with Crippen molar-refractivity contribution in [3.8, 4) is 0 Å². The molecule has 0 fully saturated rings. The molecule has 0 bridgehead atoms. The number of nitrogens with zero attached hydrogens (tertiary/aromatic N) is 1. The first-order valence-corrected chi connectivity index (χ1v) is 7.26. The molecule has 4 nitrogen and oxygen atoms in total. The quantitative estimate of drug-likeness (QED) is 0.821. The van der Waals surface area contributed by atoms with Gasteiger partial charge in [0.1, 0.15) is 11.0 Å². The van der Waals surface area contributed by atoms with E-state index in [-0.39, 0.29) is 11.1 Å². The lowest BCUT2D eigenvalue weighted by Crippen LogP contribution is -2.14. The van der Waals surface area contributed by atoms with Crippen LogP contribution in [0.3, 0.4) is 0 Å². The third-order valence-electron chi connectivity index (χ3n) is 3.10. The summed E-state index contributed by atoms with van der Waals surface area (Å²) in [6.07, 6.45) is 1.95. The van der Waals surface area contributed by atoms with Crippen molar-refractivity contribution in [1.82, 2.24) is 4.98 Å². The number of halogens is 1. The molecule has 0 aliphatic rings. The molecular weight excluding hydrogens is 286 g/mol. The number of anilines is 2. The average molecular weight is 304 g/mol. The number of benzene rings is 1. The van der Waals surface area contributed by atoms with Gasteiger partial charge in [-0.05, 0) is 30.2 Å². The number of aryl methyl sites for hydroxylation is 1. The van der Waals surface area contributed by atoms with Gasteiger partial charge in [-0.2, -0.15) is 0 Å². The highest BCUT2D eigenvalue weighted by atomic mass is 35.5. The maximum Gasteiger partial charge on any atom is 0.255 e. The SMILES string of the molecule is CCCc1ccccc1NC(=O)c1cc(Cl)nc(NC)c1. The molecule has 1 aromatic heterocycles. The van der Waals surface area contributed by atoms with Crippen LogP contribution in [0.15, 0.2) is 36.4 Å². The molecule has 2 rings (SSSR count). The van der Waals surface area contributed by atoms with E-state index in [0.717, 1.165) is 24.1 Å². The summed E-state index contributed by atoms with van der Waals surface area (Å²) in [6.45, 7) is 2.11. The Morgan fingerprint density at radius 1 is 1.29 bits per heavy atom. The summed E-state index contributed by atoms with van der Waals surface area (Å²) >= 11 is 5.93. The predicted octanol–water partition coefficient (Wildman–Crippen LogP) is 3.98. The molecule has 0 spiro atoms. The maximum atomic E-state index is 12.4. The molecule has 0 atom stereocenters. The topological polar surface area (TPSA) is 54.0 Å². The van der Waals surface area contributed by atoms with Crippen LogP contribution in [0.1, 0.15) is 29.3 Å². The van der Waals surface area contributed by atoms with E-state index in [1.54, 1.807) is 19.2 Å². The molecule has 2 aromatic rings. The van der Waals surface area contributed by atoms with E-state index in [2.05, 4.69) is 22.5 Å². The Morgan fingerprint density at radius 3 is 2.76 bits per heavy atom.